The number of nitrogens with one attached hydrogen (secondary N) is 1. The van der Waals surface area contributed by atoms with Crippen LogP contribution in [0.2, 0.25) is 0 Å². The number of hydrogen-bond donors (Lipinski definition) is 3. The second-order valence-corrected chi connectivity index (χ2v) is 6.08. The van der Waals surface area contributed by atoms with Gasteiger partial charge in [-0.15, -0.1) is 0 Å². The molecule has 2 unspecified atom stereocenters. The molecule has 0 fully saturated rings. The van der Waals surface area contributed by atoms with Gasteiger partial charge in [0.05, 0.1) is 12.5 Å². The number of aliphatic imine (C=N–C) groups is 1. The van der Waals surface area contributed by atoms with E-state index < -0.39 is 6.17 Å². The third-order valence-corrected chi connectivity index (χ3v) is 4.46. The summed E-state index contributed by atoms with van der Waals surface area (Å²) in [5, 5.41) is 5.46. The minimum Gasteiger partial charge on any atom is -0.456 e. The van der Waals surface area contributed by atoms with Gasteiger partial charge in [0, 0.05) is 16.3 Å². The van der Waals surface area contributed by atoms with E-state index in [1.807, 2.05) is 66.7 Å². The summed E-state index contributed by atoms with van der Waals surface area (Å²) in [4.78, 5) is 4.31. The van der Waals surface area contributed by atoms with E-state index in [-0.39, 0.29) is 6.17 Å². The Bertz CT molecular complexity index is 1060. The van der Waals surface area contributed by atoms with Crippen LogP contribution in [-0.4, -0.2) is 6.34 Å². The first-order chi connectivity index (χ1) is 12.8. The molecule has 4 rings (SSSR count). The molecule has 0 aliphatic heterocycles. The fraction of sp³-hybridized carbons (Fsp3) is 0.0952. The first-order valence-corrected chi connectivity index (χ1v) is 8.48. The summed E-state index contributed by atoms with van der Waals surface area (Å²) in [6, 6.07) is 23.8. The molecule has 1 heterocycles. The number of hydrogen-bond acceptors (Lipinski definition) is 4. The Labute approximate surface area is 151 Å². The van der Waals surface area contributed by atoms with E-state index in [0.717, 1.165) is 33.1 Å². The van der Waals surface area contributed by atoms with Gasteiger partial charge in [0.2, 0.25) is 0 Å². The van der Waals surface area contributed by atoms with Crippen molar-refractivity contribution in [3.05, 3.63) is 83.9 Å². The molecule has 5 nitrogen and oxygen atoms in total. The largest absolute Gasteiger partial charge is 0.456 e. The van der Waals surface area contributed by atoms with E-state index in [1.165, 1.54) is 6.34 Å². The fourth-order valence-electron chi connectivity index (χ4n) is 3.22. The quantitative estimate of drug-likeness (QED) is 0.292. The van der Waals surface area contributed by atoms with E-state index >= 15 is 0 Å². The molecule has 1 aromatic heterocycles. The van der Waals surface area contributed by atoms with Gasteiger partial charge in [-0.1, -0.05) is 66.7 Å². The van der Waals surface area contributed by atoms with Gasteiger partial charge >= 0.3 is 0 Å². The maximum Gasteiger partial charge on any atom is 0.141 e. The molecule has 5 N–H and O–H groups in total. The summed E-state index contributed by atoms with van der Waals surface area (Å²) in [6.07, 6.45) is 0.489. The Kier molecular flexibility index (Phi) is 4.39. The summed E-state index contributed by atoms with van der Waals surface area (Å²) in [7, 11) is 0. The summed E-state index contributed by atoms with van der Waals surface area (Å²) < 4.78 is 6.07. The van der Waals surface area contributed by atoms with Crippen LogP contribution in [0, 0.1) is 0 Å². The van der Waals surface area contributed by atoms with Crippen LogP contribution in [0.4, 0.5) is 0 Å². The molecule has 0 saturated carbocycles. The zero-order chi connectivity index (χ0) is 17.9. The molecule has 4 aromatic rings. The maximum atomic E-state index is 6.47. The number of benzene rings is 3. The van der Waals surface area contributed by atoms with Crippen LogP contribution in [0.5, 0.6) is 0 Å². The third-order valence-electron chi connectivity index (χ3n) is 4.46. The highest BCUT2D eigenvalue weighted by atomic mass is 16.3. The van der Waals surface area contributed by atoms with Crippen LogP contribution in [0.25, 0.3) is 21.9 Å². The minimum atomic E-state index is -0.465. The van der Waals surface area contributed by atoms with Gasteiger partial charge in [0.25, 0.3) is 0 Å². The standard InChI is InChI=1S/C21H20N4O/c22-13-24-21(14-7-2-1-3-8-14)25-20(23)17-11-6-10-16-15-9-4-5-12-18(15)26-19(16)17/h1-13,20-21,25H,23H2,(H2,22,24). The number of rotatable bonds is 5. The fourth-order valence-corrected chi connectivity index (χ4v) is 3.22. The number of nitrogens with zero attached hydrogens (tertiary/aromatic N) is 1. The monoisotopic (exact) mass is 344 g/mol. The molecule has 3 aromatic carbocycles. The van der Waals surface area contributed by atoms with Crippen LogP contribution in [0.15, 0.2) is 82.2 Å². The summed E-state index contributed by atoms with van der Waals surface area (Å²) in [5.74, 6) is 0. The summed E-state index contributed by atoms with van der Waals surface area (Å²) in [6.45, 7) is 0. The second kappa shape index (κ2) is 7.00. The predicted octanol–water partition coefficient (Wildman–Crippen LogP) is 3.82. The van der Waals surface area contributed by atoms with Gasteiger partial charge in [0.1, 0.15) is 17.3 Å². The lowest BCUT2D eigenvalue weighted by Gasteiger charge is -2.21. The van der Waals surface area contributed by atoms with Crippen molar-refractivity contribution in [3.63, 3.8) is 0 Å². The highest BCUT2D eigenvalue weighted by Crippen LogP contribution is 2.32. The van der Waals surface area contributed by atoms with Crippen molar-refractivity contribution in [1.29, 1.82) is 0 Å². The van der Waals surface area contributed by atoms with Gasteiger partial charge in [-0.3, -0.25) is 10.3 Å². The smallest absolute Gasteiger partial charge is 0.141 e. The predicted molar refractivity (Wildman–Crippen MR) is 106 cm³/mol. The highest BCUT2D eigenvalue weighted by molar-refractivity contribution is 6.05. The normalized spacial score (nSPS) is 14.2. The summed E-state index contributed by atoms with van der Waals surface area (Å²) >= 11 is 0. The molecule has 0 bridgehead atoms. The van der Waals surface area contributed by atoms with Crippen molar-refractivity contribution in [2.75, 3.05) is 0 Å². The van der Waals surface area contributed by atoms with Crippen molar-refractivity contribution in [1.82, 2.24) is 5.32 Å². The molecule has 26 heavy (non-hydrogen) atoms. The Balaban J connectivity index is 1.72. The topological polar surface area (TPSA) is 89.6 Å². The van der Waals surface area contributed by atoms with Crippen molar-refractivity contribution in [3.8, 4) is 0 Å². The van der Waals surface area contributed by atoms with Crippen LogP contribution < -0.4 is 16.8 Å². The SMILES string of the molecule is NC=NC(NC(N)c1cccc2c1oc1ccccc12)c1ccccc1. The van der Waals surface area contributed by atoms with E-state index in [9.17, 15) is 0 Å². The first-order valence-electron chi connectivity index (χ1n) is 8.48. The lowest BCUT2D eigenvalue weighted by molar-refractivity contribution is 0.465. The zero-order valence-corrected chi connectivity index (χ0v) is 14.2. The van der Waals surface area contributed by atoms with Gasteiger partial charge in [0.15, 0.2) is 0 Å². The van der Waals surface area contributed by atoms with E-state index in [0.29, 0.717) is 0 Å². The molecule has 130 valence electrons. The minimum absolute atomic E-state index is 0.337. The Morgan fingerprint density at radius 3 is 2.42 bits per heavy atom. The zero-order valence-electron chi connectivity index (χ0n) is 14.2. The van der Waals surface area contributed by atoms with Crippen LogP contribution >= 0.6 is 0 Å². The van der Waals surface area contributed by atoms with Crippen molar-refractivity contribution >= 4 is 28.3 Å². The van der Waals surface area contributed by atoms with Crippen molar-refractivity contribution in [2.24, 2.45) is 16.5 Å². The first kappa shape index (κ1) is 16.3. The number of fused-ring (bicyclic) bond motifs is 3. The lowest BCUT2D eigenvalue weighted by atomic mass is 10.1. The average Bonchev–Trinajstić information content (AvgIpc) is 3.07. The number of furan rings is 1. The van der Waals surface area contributed by atoms with E-state index in [1.54, 1.807) is 0 Å². The molecule has 0 amide bonds. The Morgan fingerprint density at radius 2 is 1.62 bits per heavy atom. The van der Waals surface area contributed by atoms with Crippen molar-refractivity contribution < 1.29 is 4.42 Å². The molecular formula is C21H20N4O. The van der Waals surface area contributed by atoms with Crippen LogP contribution in [-0.2, 0) is 0 Å². The molecule has 0 radical (unpaired) electrons. The average molecular weight is 344 g/mol. The molecule has 5 heteroatoms. The van der Waals surface area contributed by atoms with Crippen LogP contribution in [0.1, 0.15) is 23.5 Å². The number of para-hydroxylation sites is 2. The van der Waals surface area contributed by atoms with Gasteiger partial charge in [-0.2, -0.15) is 0 Å². The van der Waals surface area contributed by atoms with Gasteiger partial charge in [-0.05, 0) is 11.6 Å². The van der Waals surface area contributed by atoms with Gasteiger partial charge in [-0.25, -0.2) is 0 Å². The maximum absolute atomic E-state index is 6.47. The van der Waals surface area contributed by atoms with Crippen molar-refractivity contribution in [2.45, 2.75) is 12.3 Å². The Morgan fingerprint density at radius 1 is 0.885 bits per heavy atom. The molecule has 0 saturated heterocycles. The van der Waals surface area contributed by atoms with Crippen LogP contribution in [0.3, 0.4) is 0 Å². The third kappa shape index (κ3) is 2.94. The number of nitrogens with two attached hydrogens (primary N) is 2. The molecule has 0 spiro atoms. The van der Waals surface area contributed by atoms with Gasteiger partial charge < -0.3 is 15.9 Å². The molecule has 0 aliphatic carbocycles. The summed E-state index contributed by atoms with van der Waals surface area (Å²) in [5.41, 5.74) is 15.5. The lowest BCUT2D eigenvalue weighted by Crippen LogP contribution is -2.32. The Hall–Kier alpha value is -3.15. The second-order valence-electron chi connectivity index (χ2n) is 6.08. The molecule has 2 atom stereocenters. The highest BCUT2D eigenvalue weighted by Gasteiger charge is 2.18. The molecular weight excluding hydrogens is 324 g/mol. The molecule has 0 aliphatic rings. The van der Waals surface area contributed by atoms with E-state index in [4.69, 9.17) is 15.9 Å². The van der Waals surface area contributed by atoms with E-state index in [2.05, 4.69) is 16.4 Å².